The molecular formula is C21H29N9O. The van der Waals surface area contributed by atoms with Crippen LogP contribution in [0.3, 0.4) is 0 Å². The number of hydrogen-bond donors (Lipinski definition) is 1. The highest BCUT2D eigenvalue weighted by Crippen LogP contribution is 2.33. The molecule has 0 bridgehead atoms. The summed E-state index contributed by atoms with van der Waals surface area (Å²) in [4.78, 5) is 12.6. The minimum atomic E-state index is 0.0456. The molecule has 1 aliphatic rings. The Morgan fingerprint density at radius 3 is 2.29 bits per heavy atom. The maximum atomic E-state index is 5.50. The largest absolute Gasteiger partial charge is 0.494 e. The van der Waals surface area contributed by atoms with Crippen LogP contribution >= 0.6 is 0 Å². The lowest BCUT2D eigenvalue weighted by Crippen LogP contribution is -2.62. The first kappa shape index (κ1) is 21.1. The number of ether oxygens (including phenoxy) is 1. The number of methoxy groups -OCH3 is 1. The maximum absolute atomic E-state index is 5.50. The number of nitrogens with one attached hydrogen (secondary N) is 1. The summed E-state index contributed by atoms with van der Waals surface area (Å²) in [5.74, 6) is 1.66. The summed E-state index contributed by atoms with van der Waals surface area (Å²) >= 11 is 0. The Labute approximate surface area is 182 Å². The van der Waals surface area contributed by atoms with E-state index >= 15 is 0 Å². The highest BCUT2D eigenvalue weighted by molar-refractivity contribution is 5.61. The summed E-state index contributed by atoms with van der Waals surface area (Å²) in [6.45, 7) is 8.95. The first-order valence-electron chi connectivity index (χ1n) is 10.3. The lowest BCUT2D eigenvalue weighted by molar-refractivity contribution is 0.160. The summed E-state index contributed by atoms with van der Waals surface area (Å²) in [7, 11) is 3.63. The van der Waals surface area contributed by atoms with E-state index < -0.39 is 0 Å². The van der Waals surface area contributed by atoms with E-state index in [1.807, 2.05) is 0 Å². The number of anilines is 1. The Morgan fingerprint density at radius 2 is 1.71 bits per heavy atom. The average molecular weight is 424 g/mol. The van der Waals surface area contributed by atoms with Crippen LogP contribution < -0.4 is 15.0 Å². The molecule has 0 unspecified atom stereocenters. The molecule has 0 aliphatic carbocycles. The van der Waals surface area contributed by atoms with Crippen LogP contribution in [-0.2, 0) is 0 Å². The van der Waals surface area contributed by atoms with E-state index in [0.29, 0.717) is 29.0 Å². The number of pyridine rings is 1. The molecule has 0 saturated carbocycles. The molecule has 3 aromatic heterocycles. The van der Waals surface area contributed by atoms with Crippen molar-refractivity contribution in [3.05, 3.63) is 30.9 Å². The number of aromatic nitrogens is 7. The smallest absolute Gasteiger partial charge is 0.204 e. The standard InChI is InChI=1S/C21H29N9O/c1-20(2)10-15(11-21(3,4)28-20)29(5)17-13-23-19(27-26-17)18-16(31-6)9-14(12-22-18)30-24-7-8-25-30/h7-9,12-13,15,28H,10-11H2,1-6H3. The van der Waals surface area contributed by atoms with Gasteiger partial charge in [-0.15, -0.1) is 15.0 Å². The molecule has 0 aromatic carbocycles. The van der Waals surface area contributed by atoms with Crippen molar-refractivity contribution in [2.75, 3.05) is 19.1 Å². The molecule has 0 radical (unpaired) electrons. The van der Waals surface area contributed by atoms with Crippen LogP contribution in [0.25, 0.3) is 17.2 Å². The molecule has 0 spiro atoms. The summed E-state index contributed by atoms with van der Waals surface area (Å²) in [6.07, 6.45) is 8.62. The van der Waals surface area contributed by atoms with Gasteiger partial charge >= 0.3 is 0 Å². The molecule has 10 heteroatoms. The summed E-state index contributed by atoms with van der Waals surface area (Å²) in [5.41, 5.74) is 1.30. The minimum Gasteiger partial charge on any atom is -0.494 e. The summed E-state index contributed by atoms with van der Waals surface area (Å²) < 4.78 is 5.50. The Bertz CT molecular complexity index is 1020. The van der Waals surface area contributed by atoms with E-state index in [0.717, 1.165) is 18.7 Å². The van der Waals surface area contributed by atoms with Crippen molar-refractivity contribution in [3.8, 4) is 23.0 Å². The van der Waals surface area contributed by atoms with E-state index in [1.54, 1.807) is 38.0 Å². The first-order valence-corrected chi connectivity index (χ1v) is 10.3. The van der Waals surface area contributed by atoms with Crippen LogP contribution in [0.4, 0.5) is 5.82 Å². The van der Waals surface area contributed by atoms with Crippen molar-refractivity contribution in [1.29, 1.82) is 0 Å². The second-order valence-corrected chi connectivity index (χ2v) is 9.27. The molecule has 0 atom stereocenters. The number of rotatable bonds is 5. The molecule has 1 aliphatic heterocycles. The van der Waals surface area contributed by atoms with Crippen LogP contribution in [-0.4, -0.2) is 66.4 Å². The molecule has 10 nitrogen and oxygen atoms in total. The Kier molecular flexibility index (Phi) is 5.34. The second-order valence-electron chi connectivity index (χ2n) is 9.27. The van der Waals surface area contributed by atoms with Gasteiger partial charge in [-0.25, -0.2) is 9.97 Å². The molecule has 1 fully saturated rings. The molecule has 0 amide bonds. The zero-order chi connectivity index (χ0) is 22.2. The third-order valence-corrected chi connectivity index (χ3v) is 5.55. The van der Waals surface area contributed by atoms with E-state index in [-0.39, 0.29) is 11.1 Å². The molecule has 1 N–H and O–H groups in total. The van der Waals surface area contributed by atoms with Gasteiger partial charge in [0.15, 0.2) is 17.3 Å². The number of piperidine rings is 1. The van der Waals surface area contributed by atoms with Crippen LogP contribution in [0.1, 0.15) is 40.5 Å². The molecule has 4 heterocycles. The van der Waals surface area contributed by atoms with Gasteiger partial charge < -0.3 is 15.0 Å². The van der Waals surface area contributed by atoms with Gasteiger partial charge in [0.1, 0.15) is 5.69 Å². The summed E-state index contributed by atoms with van der Waals surface area (Å²) in [6, 6.07) is 2.13. The van der Waals surface area contributed by atoms with Crippen molar-refractivity contribution in [2.45, 2.75) is 57.7 Å². The van der Waals surface area contributed by atoms with Gasteiger partial charge in [0.25, 0.3) is 0 Å². The average Bonchev–Trinajstić information content (AvgIpc) is 3.25. The van der Waals surface area contributed by atoms with E-state index in [1.165, 1.54) is 4.80 Å². The Morgan fingerprint density at radius 1 is 1.03 bits per heavy atom. The molecule has 4 rings (SSSR count). The van der Waals surface area contributed by atoms with Gasteiger partial charge in [-0.3, -0.25) is 0 Å². The SMILES string of the molecule is COc1cc(-n2nccn2)cnc1-c1ncc(N(C)C2CC(C)(C)NC(C)(C)C2)nn1. The van der Waals surface area contributed by atoms with Gasteiger partial charge in [0.05, 0.1) is 31.9 Å². The molecule has 31 heavy (non-hydrogen) atoms. The zero-order valence-corrected chi connectivity index (χ0v) is 18.9. The third-order valence-electron chi connectivity index (χ3n) is 5.55. The van der Waals surface area contributed by atoms with Gasteiger partial charge in [-0.2, -0.15) is 10.2 Å². The highest BCUT2D eigenvalue weighted by Gasteiger charge is 2.39. The fourth-order valence-corrected chi connectivity index (χ4v) is 4.48. The van der Waals surface area contributed by atoms with Crippen molar-refractivity contribution in [1.82, 2.24) is 40.5 Å². The zero-order valence-electron chi connectivity index (χ0n) is 18.9. The number of hydrogen-bond acceptors (Lipinski definition) is 9. The highest BCUT2D eigenvalue weighted by atomic mass is 16.5. The lowest BCUT2D eigenvalue weighted by atomic mass is 9.79. The predicted octanol–water partition coefficient (Wildman–Crippen LogP) is 2.27. The van der Waals surface area contributed by atoms with Gasteiger partial charge in [-0.1, -0.05) is 0 Å². The Hall–Kier alpha value is -3.14. The van der Waals surface area contributed by atoms with Crippen LogP contribution in [0, 0.1) is 0 Å². The van der Waals surface area contributed by atoms with Crippen LogP contribution in [0.15, 0.2) is 30.9 Å². The van der Waals surface area contributed by atoms with Gasteiger partial charge in [0.2, 0.25) is 5.82 Å². The van der Waals surface area contributed by atoms with Crippen LogP contribution in [0.2, 0.25) is 0 Å². The van der Waals surface area contributed by atoms with Gasteiger partial charge in [0, 0.05) is 30.2 Å². The molecule has 1 saturated heterocycles. The predicted molar refractivity (Wildman–Crippen MR) is 117 cm³/mol. The van der Waals surface area contributed by atoms with Crippen molar-refractivity contribution >= 4 is 5.82 Å². The van der Waals surface area contributed by atoms with Gasteiger partial charge in [-0.05, 0) is 40.5 Å². The van der Waals surface area contributed by atoms with E-state index in [9.17, 15) is 0 Å². The van der Waals surface area contributed by atoms with Crippen molar-refractivity contribution in [2.24, 2.45) is 0 Å². The van der Waals surface area contributed by atoms with Crippen molar-refractivity contribution in [3.63, 3.8) is 0 Å². The second kappa shape index (κ2) is 7.84. The van der Waals surface area contributed by atoms with E-state index in [2.05, 4.69) is 75.3 Å². The Balaban J connectivity index is 1.57. The minimum absolute atomic E-state index is 0.0456. The summed E-state index contributed by atoms with van der Waals surface area (Å²) in [5, 5.41) is 20.7. The fourth-order valence-electron chi connectivity index (χ4n) is 4.48. The quantitative estimate of drug-likeness (QED) is 0.661. The maximum Gasteiger partial charge on any atom is 0.204 e. The first-order chi connectivity index (χ1) is 14.7. The fraction of sp³-hybridized carbons (Fsp3) is 0.524. The van der Waals surface area contributed by atoms with E-state index in [4.69, 9.17) is 4.74 Å². The third kappa shape index (κ3) is 4.48. The lowest BCUT2D eigenvalue weighted by Gasteiger charge is -2.49. The normalized spacial score (nSPS) is 18.0. The number of nitrogens with zero attached hydrogens (tertiary/aromatic N) is 8. The molecular weight excluding hydrogens is 394 g/mol. The molecule has 3 aromatic rings. The monoisotopic (exact) mass is 423 g/mol. The van der Waals surface area contributed by atoms with Crippen molar-refractivity contribution < 1.29 is 4.74 Å². The molecule has 164 valence electrons. The van der Waals surface area contributed by atoms with Crippen LogP contribution in [0.5, 0.6) is 5.75 Å². The topological polar surface area (TPSA) is 107 Å².